The number of anilines is 1. The van der Waals surface area contributed by atoms with E-state index < -0.39 is 0 Å². The minimum absolute atomic E-state index is 0.783. The first-order chi connectivity index (χ1) is 9.81. The molecule has 0 bridgehead atoms. The van der Waals surface area contributed by atoms with E-state index in [9.17, 15) is 0 Å². The average Bonchev–Trinajstić information content (AvgIpc) is 3.10. The molecule has 0 aliphatic rings. The summed E-state index contributed by atoms with van der Waals surface area (Å²) in [7, 11) is 2.04. The first kappa shape index (κ1) is 12.5. The van der Waals surface area contributed by atoms with Gasteiger partial charge >= 0.3 is 0 Å². The van der Waals surface area contributed by atoms with Crippen LogP contribution in [0.4, 0.5) is 5.69 Å². The zero-order chi connectivity index (χ0) is 13.8. The summed E-state index contributed by atoms with van der Waals surface area (Å²) < 4.78 is 4.00. The van der Waals surface area contributed by atoms with Crippen molar-refractivity contribution >= 4 is 5.69 Å². The van der Waals surface area contributed by atoms with Crippen LogP contribution in [0.15, 0.2) is 61.2 Å². The Morgan fingerprint density at radius 2 is 2.00 bits per heavy atom. The van der Waals surface area contributed by atoms with Crippen LogP contribution in [-0.2, 0) is 20.1 Å². The molecule has 20 heavy (non-hydrogen) atoms. The van der Waals surface area contributed by atoms with Crippen LogP contribution in [0, 0.1) is 0 Å². The summed E-state index contributed by atoms with van der Waals surface area (Å²) in [4.78, 5) is 0. The fourth-order valence-electron chi connectivity index (χ4n) is 2.26. The Kier molecular flexibility index (Phi) is 3.54. The van der Waals surface area contributed by atoms with Crippen LogP contribution in [-0.4, -0.2) is 14.3 Å². The molecule has 4 nitrogen and oxygen atoms in total. The number of rotatable bonds is 5. The molecule has 0 saturated carbocycles. The van der Waals surface area contributed by atoms with Crippen LogP contribution in [0.5, 0.6) is 0 Å². The molecule has 4 heteroatoms. The lowest BCUT2D eigenvalue weighted by molar-refractivity contribution is 0.687. The molecule has 2 aromatic heterocycles. The van der Waals surface area contributed by atoms with Crippen molar-refractivity contribution in [2.45, 2.75) is 13.1 Å². The summed E-state index contributed by atoms with van der Waals surface area (Å²) in [6, 6.07) is 12.4. The van der Waals surface area contributed by atoms with Gasteiger partial charge in [0.25, 0.3) is 0 Å². The fraction of sp³-hybridized carbons (Fsp3) is 0.188. The highest BCUT2D eigenvalue weighted by Crippen LogP contribution is 2.17. The Morgan fingerprint density at radius 1 is 1.10 bits per heavy atom. The van der Waals surface area contributed by atoms with Crippen molar-refractivity contribution in [3.8, 4) is 0 Å². The molecule has 0 radical (unpaired) electrons. The van der Waals surface area contributed by atoms with Crippen LogP contribution in [0.1, 0.15) is 11.1 Å². The zero-order valence-corrected chi connectivity index (χ0v) is 11.5. The molecule has 2 heterocycles. The summed E-state index contributed by atoms with van der Waals surface area (Å²) in [5.74, 6) is 0. The smallest absolute Gasteiger partial charge is 0.0679 e. The minimum Gasteiger partial charge on any atom is -0.381 e. The Hall–Kier alpha value is -2.49. The normalized spacial score (nSPS) is 10.7. The molecule has 3 rings (SSSR count). The first-order valence-corrected chi connectivity index (χ1v) is 6.71. The maximum atomic E-state index is 4.26. The van der Waals surface area contributed by atoms with Crippen molar-refractivity contribution in [1.29, 1.82) is 0 Å². The third-order valence-electron chi connectivity index (χ3n) is 3.29. The van der Waals surface area contributed by atoms with Gasteiger partial charge in [-0.25, -0.2) is 0 Å². The Bertz CT molecular complexity index is 667. The lowest BCUT2D eigenvalue weighted by atomic mass is 10.1. The van der Waals surface area contributed by atoms with Crippen LogP contribution in [0.3, 0.4) is 0 Å². The van der Waals surface area contributed by atoms with Crippen molar-refractivity contribution in [3.63, 3.8) is 0 Å². The SMILES string of the molecule is Cn1ccc(CNc2ccccc2Cn2cccn2)c1. The second kappa shape index (κ2) is 5.65. The standard InChI is InChI=1S/C16H18N4/c1-19-10-7-14(12-19)11-17-16-6-3-2-5-15(16)13-20-9-4-8-18-20/h2-10,12,17H,11,13H2,1H3. The van der Waals surface area contributed by atoms with Gasteiger partial charge in [0.2, 0.25) is 0 Å². The minimum atomic E-state index is 0.783. The topological polar surface area (TPSA) is 34.8 Å². The lowest BCUT2D eigenvalue weighted by Crippen LogP contribution is -2.06. The Labute approximate surface area is 118 Å². The predicted molar refractivity (Wildman–Crippen MR) is 80.5 cm³/mol. The van der Waals surface area contributed by atoms with Crippen molar-refractivity contribution in [3.05, 3.63) is 72.3 Å². The van der Waals surface area contributed by atoms with Gasteiger partial charge < -0.3 is 9.88 Å². The molecule has 0 fully saturated rings. The predicted octanol–water partition coefficient (Wildman–Crippen LogP) is 2.88. The van der Waals surface area contributed by atoms with Crippen molar-refractivity contribution in [2.24, 2.45) is 7.05 Å². The van der Waals surface area contributed by atoms with E-state index in [2.05, 4.69) is 57.7 Å². The average molecular weight is 266 g/mol. The van der Waals surface area contributed by atoms with E-state index in [-0.39, 0.29) is 0 Å². The van der Waals surface area contributed by atoms with E-state index in [1.54, 1.807) is 6.20 Å². The van der Waals surface area contributed by atoms with Crippen LogP contribution >= 0.6 is 0 Å². The molecule has 1 N–H and O–H groups in total. The zero-order valence-electron chi connectivity index (χ0n) is 11.5. The van der Waals surface area contributed by atoms with Crippen LogP contribution in [0.25, 0.3) is 0 Å². The van der Waals surface area contributed by atoms with E-state index in [0.29, 0.717) is 0 Å². The molecular weight excluding hydrogens is 248 g/mol. The van der Waals surface area contributed by atoms with Gasteiger partial charge in [-0.2, -0.15) is 5.10 Å². The maximum absolute atomic E-state index is 4.26. The van der Waals surface area contributed by atoms with E-state index in [1.165, 1.54) is 11.1 Å². The second-order valence-corrected chi connectivity index (χ2v) is 4.90. The van der Waals surface area contributed by atoms with E-state index in [0.717, 1.165) is 18.8 Å². The molecule has 0 aliphatic carbocycles. The van der Waals surface area contributed by atoms with E-state index in [1.807, 2.05) is 24.0 Å². The highest BCUT2D eigenvalue weighted by molar-refractivity contribution is 5.51. The Balaban J connectivity index is 1.72. The molecule has 0 unspecified atom stereocenters. The molecule has 3 aromatic rings. The number of benzene rings is 1. The maximum Gasteiger partial charge on any atom is 0.0679 e. The van der Waals surface area contributed by atoms with Gasteiger partial charge in [0, 0.05) is 44.1 Å². The monoisotopic (exact) mass is 266 g/mol. The third kappa shape index (κ3) is 2.91. The largest absolute Gasteiger partial charge is 0.381 e. The number of nitrogens with one attached hydrogen (secondary N) is 1. The van der Waals surface area contributed by atoms with Gasteiger partial charge in [-0.15, -0.1) is 0 Å². The molecule has 1 aromatic carbocycles. The summed E-state index contributed by atoms with van der Waals surface area (Å²) in [5.41, 5.74) is 3.68. The quantitative estimate of drug-likeness (QED) is 0.770. The highest BCUT2D eigenvalue weighted by Gasteiger charge is 2.03. The molecule has 0 amide bonds. The van der Waals surface area contributed by atoms with Crippen molar-refractivity contribution in [2.75, 3.05) is 5.32 Å². The van der Waals surface area contributed by atoms with Crippen molar-refractivity contribution in [1.82, 2.24) is 14.3 Å². The van der Waals surface area contributed by atoms with Gasteiger partial charge in [-0.3, -0.25) is 4.68 Å². The lowest BCUT2D eigenvalue weighted by Gasteiger charge is -2.11. The second-order valence-electron chi connectivity index (χ2n) is 4.90. The molecule has 0 spiro atoms. The molecule has 0 aliphatic heterocycles. The third-order valence-corrected chi connectivity index (χ3v) is 3.29. The summed E-state index contributed by atoms with van der Waals surface area (Å²) in [6.45, 7) is 1.61. The van der Waals surface area contributed by atoms with Crippen molar-refractivity contribution < 1.29 is 0 Å². The molecule has 0 saturated heterocycles. The number of hydrogen-bond donors (Lipinski definition) is 1. The van der Waals surface area contributed by atoms with Gasteiger partial charge in [0.15, 0.2) is 0 Å². The number of aromatic nitrogens is 3. The fourth-order valence-corrected chi connectivity index (χ4v) is 2.26. The summed E-state index contributed by atoms with van der Waals surface area (Å²) in [6.07, 6.45) is 7.98. The van der Waals surface area contributed by atoms with Gasteiger partial charge in [0.05, 0.1) is 6.54 Å². The molecule has 102 valence electrons. The van der Waals surface area contributed by atoms with Gasteiger partial charge in [-0.05, 0) is 29.3 Å². The van der Waals surface area contributed by atoms with Crippen LogP contribution in [0.2, 0.25) is 0 Å². The molecule has 0 atom stereocenters. The highest BCUT2D eigenvalue weighted by atomic mass is 15.3. The number of para-hydroxylation sites is 1. The van der Waals surface area contributed by atoms with E-state index >= 15 is 0 Å². The first-order valence-electron chi connectivity index (χ1n) is 6.71. The summed E-state index contributed by atoms with van der Waals surface area (Å²) >= 11 is 0. The summed E-state index contributed by atoms with van der Waals surface area (Å²) in [5, 5.41) is 7.76. The number of hydrogen-bond acceptors (Lipinski definition) is 2. The Morgan fingerprint density at radius 3 is 2.75 bits per heavy atom. The van der Waals surface area contributed by atoms with Gasteiger partial charge in [-0.1, -0.05) is 18.2 Å². The van der Waals surface area contributed by atoms with Crippen LogP contribution < -0.4 is 5.32 Å². The van der Waals surface area contributed by atoms with Gasteiger partial charge in [0.1, 0.15) is 0 Å². The number of aryl methyl sites for hydroxylation is 1. The number of nitrogens with zero attached hydrogens (tertiary/aromatic N) is 3. The van der Waals surface area contributed by atoms with E-state index in [4.69, 9.17) is 0 Å². The molecular formula is C16H18N4.